The van der Waals surface area contributed by atoms with Crippen molar-refractivity contribution in [1.29, 1.82) is 0 Å². The van der Waals surface area contributed by atoms with Crippen LogP contribution >= 0.6 is 0 Å². The molecule has 3 fully saturated rings. The van der Waals surface area contributed by atoms with Crippen molar-refractivity contribution in [1.82, 2.24) is 19.0 Å². The summed E-state index contributed by atoms with van der Waals surface area (Å²) in [4.78, 5) is 31.3. The lowest BCUT2D eigenvalue weighted by Crippen LogP contribution is -2.53. The average Bonchev–Trinajstić information content (AvgIpc) is 3.14. The molecular formula is C18H32N4O4S. The number of likely N-dealkylation sites (tertiary alicyclic amines) is 2. The zero-order valence-corrected chi connectivity index (χ0v) is 17.7. The molecule has 0 aromatic carbocycles. The number of hydrogen-bond acceptors (Lipinski definition) is 4. The van der Waals surface area contributed by atoms with E-state index in [4.69, 9.17) is 0 Å². The summed E-state index contributed by atoms with van der Waals surface area (Å²) in [7, 11) is 0.229. The Balaban J connectivity index is 1.92. The van der Waals surface area contributed by atoms with Crippen molar-refractivity contribution < 1.29 is 18.0 Å². The summed E-state index contributed by atoms with van der Waals surface area (Å²) in [6, 6.07) is -0.0717. The van der Waals surface area contributed by atoms with E-state index in [1.165, 1.54) is 0 Å². The summed E-state index contributed by atoms with van der Waals surface area (Å²) in [5.74, 6) is 0.240. The lowest BCUT2D eigenvalue weighted by molar-refractivity contribution is -0.141. The number of carbonyl (C=O) groups is 2. The molecule has 3 saturated heterocycles. The van der Waals surface area contributed by atoms with Gasteiger partial charge in [0.15, 0.2) is 0 Å². The fourth-order valence-corrected chi connectivity index (χ4v) is 6.38. The van der Waals surface area contributed by atoms with E-state index < -0.39 is 15.4 Å². The SMILES string of the molecule is CCN1CC[C@]2(CN(C(=O)N(C)C)CC23CCN(S(=O)(=O)CC)CC3)C1=O. The van der Waals surface area contributed by atoms with E-state index in [0.29, 0.717) is 45.6 Å². The monoisotopic (exact) mass is 400 g/mol. The first-order valence-corrected chi connectivity index (χ1v) is 11.5. The van der Waals surface area contributed by atoms with Crippen LogP contribution in [-0.4, -0.2) is 98.5 Å². The van der Waals surface area contributed by atoms with Crippen LogP contribution in [0, 0.1) is 10.8 Å². The molecule has 154 valence electrons. The Bertz CT molecular complexity index is 715. The highest BCUT2D eigenvalue weighted by Gasteiger charge is 2.66. The van der Waals surface area contributed by atoms with Crippen LogP contribution in [0.4, 0.5) is 4.79 Å². The molecule has 8 nitrogen and oxygen atoms in total. The summed E-state index contributed by atoms with van der Waals surface area (Å²) in [5, 5.41) is 0. The maximum atomic E-state index is 13.3. The number of rotatable bonds is 3. The number of hydrogen-bond donors (Lipinski definition) is 0. The van der Waals surface area contributed by atoms with Gasteiger partial charge in [-0.05, 0) is 33.1 Å². The number of piperidine rings is 1. The van der Waals surface area contributed by atoms with Gasteiger partial charge in [0, 0.05) is 58.8 Å². The topological polar surface area (TPSA) is 81.2 Å². The van der Waals surface area contributed by atoms with E-state index in [1.807, 2.05) is 11.8 Å². The number of sulfonamides is 1. The third-order valence-corrected chi connectivity index (χ3v) is 8.83. The van der Waals surface area contributed by atoms with Crippen molar-refractivity contribution >= 4 is 22.0 Å². The molecule has 0 aliphatic carbocycles. The van der Waals surface area contributed by atoms with Crippen LogP contribution < -0.4 is 0 Å². The highest BCUT2D eigenvalue weighted by atomic mass is 32.2. The van der Waals surface area contributed by atoms with Gasteiger partial charge < -0.3 is 14.7 Å². The van der Waals surface area contributed by atoms with Gasteiger partial charge in [0.25, 0.3) is 0 Å². The largest absolute Gasteiger partial charge is 0.342 e. The smallest absolute Gasteiger partial charge is 0.319 e. The van der Waals surface area contributed by atoms with Gasteiger partial charge in [-0.25, -0.2) is 17.5 Å². The average molecular weight is 401 g/mol. The summed E-state index contributed by atoms with van der Waals surface area (Å²) in [6.07, 6.45) is 2.01. The standard InChI is InChI=1S/C18H32N4O4S/c1-5-20-10-9-18(15(20)23)14-21(16(24)19(3)4)13-17(18)7-11-22(12-8-17)27(25,26)6-2/h5-14H2,1-4H3/t18-/m0/s1. The molecule has 2 spiro atoms. The van der Waals surface area contributed by atoms with Crippen LogP contribution in [0.5, 0.6) is 0 Å². The Hall–Kier alpha value is -1.35. The van der Waals surface area contributed by atoms with Crippen molar-refractivity contribution in [3.05, 3.63) is 0 Å². The highest BCUT2D eigenvalue weighted by molar-refractivity contribution is 7.89. The van der Waals surface area contributed by atoms with Crippen molar-refractivity contribution in [3.8, 4) is 0 Å². The van der Waals surface area contributed by atoms with Gasteiger partial charge in [-0.15, -0.1) is 0 Å². The minimum absolute atomic E-state index is 0.0717. The maximum absolute atomic E-state index is 13.3. The molecular weight excluding hydrogens is 368 g/mol. The second-order valence-corrected chi connectivity index (χ2v) is 10.6. The lowest BCUT2D eigenvalue weighted by Gasteiger charge is -2.46. The van der Waals surface area contributed by atoms with Gasteiger partial charge in [0.2, 0.25) is 15.9 Å². The Morgan fingerprint density at radius 3 is 2.19 bits per heavy atom. The van der Waals surface area contributed by atoms with Crippen LogP contribution in [-0.2, 0) is 14.8 Å². The van der Waals surface area contributed by atoms with Crippen LogP contribution in [0.25, 0.3) is 0 Å². The first kappa shape index (κ1) is 20.4. The number of carbonyl (C=O) groups excluding carboxylic acids is 2. The summed E-state index contributed by atoms with van der Waals surface area (Å²) < 4.78 is 26.1. The number of amides is 3. The molecule has 0 aromatic rings. The van der Waals surface area contributed by atoms with Gasteiger partial charge in [0.05, 0.1) is 11.2 Å². The van der Waals surface area contributed by atoms with E-state index in [2.05, 4.69) is 0 Å². The maximum Gasteiger partial charge on any atom is 0.319 e. The molecule has 9 heteroatoms. The molecule has 0 unspecified atom stereocenters. The van der Waals surface area contributed by atoms with E-state index in [-0.39, 0.29) is 23.1 Å². The molecule has 0 aromatic heterocycles. The molecule has 1 atom stereocenters. The molecule has 3 aliphatic rings. The minimum Gasteiger partial charge on any atom is -0.342 e. The first-order valence-electron chi connectivity index (χ1n) is 9.86. The van der Waals surface area contributed by atoms with Gasteiger partial charge in [-0.1, -0.05) is 0 Å². The molecule has 3 amide bonds. The fraction of sp³-hybridized carbons (Fsp3) is 0.889. The van der Waals surface area contributed by atoms with Gasteiger partial charge in [0.1, 0.15) is 0 Å². The number of nitrogens with zero attached hydrogens (tertiary/aromatic N) is 4. The van der Waals surface area contributed by atoms with Gasteiger partial charge in [-0.3, -0.25) is 4.79 Å². The third kappa shape index (κ3) is 3.03. The second kappa shape index (κ2) is 6.92. The van der Waals surface area contributed by atoms with Crippen molar-refractivity contribution in [2.45, 2.75) is 33.1 Å². The molecule has 0 radical (unpaired) electrons. The van der Waals surface area contributed by atoms with E-state index >= 15 is 0 Å². The van der Waals surface area contributed by atoms with E-state index in [0.717, 1.165) is 13.0 Å². The molecule has 3 heterocycles. The van der Waals surface area contributed by atoms with E-state index in [1.54, 1.807) is 35.1 Å². The Labute approximate surface area is 162 Å². The van der Waals surface area contributed by atoms with Gasteiger partial charge >= 0.3 is 6.03 Å². The Kier molecular flexibility index (Phi) is 5.22. The zero-order chi connectivity index (χ0) is 20.0. The highest BCUT2D eigenvalue weighted by Crippen LogP contribution is 2.58. The first-order chi connectivity index (χ1) is 12.6. The third-order valence-electron chi connectivity index (χ3n) is 6.95. The Morgan fingerprint density at radius 2 is 1.70 bits per heavy atom. The fourth-order valence-electron chi connectivity index (χ4n) is 5.27. The summed E-state index contributed by atoms with van der Waals surface area (Å²) in [6.45, 7) is 6.88. The van der Waals surface area contributed by atoms with Crippen LogP contribution in [0.15, 0.2) is 0 Å². The van der Waals surface area contributed by atoms with Gasteiger partial charge in [-0.2, -0.15) is 0 Å². The van der Waals surface area contributed by atoms with E-state index in [9.17, 15) is 18.0 Å². The normalized spacial score (nSPS) is 28.5. The lowest BCUT2D eigenvalue weighted by atomic mass is 9.60. The second-order valence-electron chi connectivity index (χ2n) is 8.33. The molecule has 0 bridgehead atoms. The zero-order valence-electron chi connectivity index (χ0n) is 16.9. The van der Waals surface area contributed by atoms with Crippen molar-refractivity contribution in [2.24, 2.45) is 10.8 Å². The molecule has 0 N–H and O–H groups in total. The molecule has 0 saturated carbocycles. The summed E-state index contributed by atoms with van der Waals surface area (Å²) in [5.41, 5.74) is -0.907. The number of fused-ring (bicyclic) bond motifs is 1. The van der Waals surface area contributed by atoms with Crippen LogP contribution in [0.3, 0.4) is 0 Å². The molecule has 27 heavy (non-hydrogen) atoms. The number of urea groups is 1. The Morgan fingerprint density at radius 1 is 1.07 bits per heavy atom. The van der Waals surface area contributed by atoms with Crippen LogP contribution in [0.2, 0.25) is 0 Å². The van der Waals surface area contributed by atoms with Crippen molar-refractivity contribution in [3.63, 3.8) is 0 Å². The quantitative estimate of drug-likeness (QED) is 0.697. The predicted molar refractivity (Wildman–Crippen MR) is 103 cm³/mol. The molecule has 3 aliphatic heterocycles. The predicted octanol–water partition coefficient (Wildman–Crippen LogP) is 0.654. The molecule has 3 rings (SSSR count). The summed E-state index contributed by atoms with van der Waals surface area (Å²) >= 11 is 0. The minimum atomic E-state index is -3.23. The van der Waals surface area contributed by atoms with Crippen molar-refractivity contribution in [2.75, 3.05) is 59.1 Å². The van der Waals surface area contributed by atoms with Crippen LogP contribution in [0.1, 0.15) is 33.1 Å².